The minimum absolute atomic E-state index is 0.291. The molecular weight excluding hydrogens is 225 g/mol. The highest BCUT2D eigenvalue weighted by Crippen LogP contribution is 2.14. The quantitative estimate of drug-likeness (QED) is 0.689. The van der Waals surface area contributed by atoms with Gasteiger partial charge in [0.1, 0.15) is 5.82 Å². The molecule has 0 saturated heterocycles. The van der Waals surface area contributed by atoms with Crippen molar-refractivity contribution in [3.63, 3.8) is 0 Å². The average molecular weight is 234 g/mol. The Morgan fingerprint density at radius 3 is 2.62 bits per heavy atom. The van der Waals surface area contributed by atoms with E-state index in [1.165, 1.54) is 12.1 Å². The maximum absolute atomic E-state index is 12.9. The topological polar surface area (TPSA) is 12.4 Å². The summed E-state index contributed by atoms with van der Waals surface area (Å²) in [6, 6.07) is 13.4. The van der Waals surface area contributed by atoms with Crippen molar-refractivity contribution in [2.45, 2.75) is 0 Å². The zero-order valence-electron chi connectivity index (χ0n) is 8.40. The van der Waals surface area contributed by atoms with Gasteiger partial charge in [-0.3, -0.25) is 4.99 Å². The van der Waals surface area contributed by atoms with Crippen LogP contribution in [0, 0.1) is 5.82 Å². The molecule has 0 fully saturated rings. The Hall–Kier alpha value is -1.67. The number of rotatable bonds is 2. The lowest BCUT2D eigenvalue weighted by atomic mass is 10.2. The highest BCUT2D eigenvalue weighted by Gasteiger charge is 1.92. The fourth-order valence-corrected chi connectivity index (χ4v) is 1.49. The van der Waals surface area contributed by atoms with E-state index in [-0.39, 0.29) is 5.82 Å². The van der Waals surface area contributed by atoms with Gasteiger partial charge in [0.25, 0.3) is 0 Å². The summed E-state index contributed by atoms with van der Waals surface area (Å²) in [5, 5.41) is 0.656. The van der Waals surface area contributed by atoms with Crippen LogP contribution in [0.2, 0.25) is 5.02 Å². The molecule has 0 unspecified atom stereocenters. The second-order valence-electron chi connectivity index (χ2n) is 3.29. The van der Waals surface area contributed by atoms with E-state index < -0.39 is 0 Å². The van der Waals surface area contributed by atoms with E-state index in [0.717, 1.165) is 5.56 Å². The minimum Gasteiger partial charge on any atom is -0.256 e. The van der Waals surface area contributed by atoms with Crippen LogP contribution in [0.25, 0.3) is 0 Å². The monoisotopic (exact) mass is 233 g/mol. The van der Waals surface area contributed by atoms with Gasteiger partial charge in [-0.25, -0.2) is 4.39 Å². The van der Waals surface area contributed by atoms with Crippen LogP contribution >= 0.6 is 11.6 Å². The third kappa shape index (κ3) is 2.91. The van der Waals surface area contributed by atoms with Gasteiger partial charge in [0.15, 0.2) is 0 Å². The molecule has 1 nitrogen and oxygen atoms in total. The van der Waals surface area contributed by atoms with Gasteiger partial charge in [-0.15, -0.1) is 0 Å². The highest BCUT2D eigenvalue weighted by atomic mass is 35.5. The van der Waals surface area contributed by atoms with Crippen molar-refractivity contribution in [3.8, 4) is 0 Å². The first-order valence-corrected chi connectivity index (χ1v) is 5.17. The lowest BCUT2D eigenvalue weighted by molar-refractivity contribution is 0.628. The number of hydrogen-bond acceptors (Lipinski definition) is 1. The summed E-state index contributed by atoms with van der Waals surface area (Å²) in [6.45, 7) is 0. The first kappa shape index (κ1) is 10.8. The summed E-state index contributed by atoms with van der Waals surface area (Å²) in [7, 11) is 0. The summed E-state index contributed by atoms with van der Waals surface area (Å²) in [5.74, 6) is -0.291. The Balaban J connectivity index is 2.21. The second kappa shape index (κ2) is 4.90. The maximum atomic E-state index is 12.9. The molecule has 0 N–H and O–H groups in total. The van der Waals surface area contributed by atoms with Crippen LogP contribution in [0.5, 0.6) is 0 Å². The normalized spacial score (nSPS) is 10.9. The van der Waals surface area contributed by atoms with Crippen molar-refractivity contribution >= 4 is 23.5 Å². The van der Waals surface area contributed by atoms with Crippen LogP contribution in [0.3, 0.4) is 0 Å². The molecule has 0 spiro atoms. The molecule has 0 saturated carbocycles. The van der Waals surface area contributed by atoms with E-state index in [9.17, 15) is 4.39 Å². The van der Waals surface area contributed by atoms with Gasteiger partial charge in [-0.1, -0.05) is 29.8 Å². The lowest BCUT2D eigenvalue weighted by Gasteiger charge is -1.95. The molecule has 0 atom stereocenters. The molecule has 0 aromatic heterocycles. The number of aliphatic imine (C=N–C) groups is 1. The Morgan fingerprint density at radius 2 is 1.88 bits per heavy atom. The van der Waals surface area contributed by atoms with E-state index in [0.29, 0.717) is 10.7 Å². The number of benzene rings is 2. The molecule has 2 rings (SSSR count). The number of hydrogen-bond donors (Lipinski definition) is 0. The van der Waals surface area contributed by atoms with Crippen LogP contribution < -0.4 is 0 Å². The Labute approximate surface area is 98.2 Å². The second-order valence-corrected chi connectivity index (χ2v) is 3.73. The standard InChI is InChI=1S/C13H9ClFN/c14-11-4-1-3-10(7-11)9-16-13-6-2-5-12(15)8-13/h1-9H. The highest BCUT2D eigenvalue weighted by molar-refractivity contribution is 6.30. The third-order valence-electron chi connectivity index (χ3n) is 2.02. The number of halogens is 2. The van der Waals surface area contributed by atoms with E-state index in [1.54, 1.807) is 30.5 Å². The predicted octanol–water partition coefficient (Wildman–Crippen LogP) is 4.23. The summed E-state index contributed by atoms with van der Waals surface area (Å²) in [4.78, 5) is 4.15. The van der Waals surface area contributed by atoms with Crippen LogP contribution in [-0.2, 0) is 0 Å². The lowest BCUT2D eigenvalue weighted by Crippen LogP contribution is -1.79. The fraction of sp³-hybridized carbons (Fsp3) is 0. The minimum atomic E-state index is -0.291. The van der Waals surface area contributed by atoms with Gasteiger partial charge >= 0.3 is 0 Å². The largest absolute Gasteiger partial charge is 0.256 e. The van der Waals surface area contributed by atoms with Crippen molar-refractivity contribution in [3.05, 3.63) is 64.9 Å². The molecule has 0 aliphatic rings. The summed E-state index contributed by atoms with van der Waals surface area (Å²) >= 11 is 5.83. The van der Waals surface area contributed by atoms with Crippen molar-refractivity contribution in [1.29, 1.82) is 0 Å². The van der Waals surface area contributed by atoms with Gasteiger partial charge in [0.05, 0.1) is 5.69 Å². The molecule has 80 valence electrons. The molecule has 0 heterocycles. The predicted molar refractivity (Wildman–Crippen MR) is 65.1 cm³/mol. The number of nitrogens with zero attached hydrogens (tertiary/aromatic N) is 1. The molecule has 2 aromatic carbocycles. The molecule has 0 bridgehead atoms. The van der Waals surface area contributed by atoms with E-state index in [1.807, 2.05) is 12.1 Å². The fourth-order valence-electron chi connectivity index (χ4n) is 1.29. The Morgan fingerprint density at radius 1 is 1.06 bits per heavy atom. The van der Waals surface area contributed by atoms with Crippen molar-refractivity contribution in [1.82, 2.24) is 0 Å². The summed E-state index contributed by atoms with van der Waals surface area (Å²) in [5.41, 5.74) is 1.47. The Bertz CT molecular complexity index is 475. The molecule has 3 heteroatoms. The molecule has 0 aliphatic carbocycles. The molecule has 0 aliphatic heterocycles. The molecule has 0 radical (unpaired) electrons. The first-order valence-electron chi connectivity index (χ1n) is 4.79. The zero-order chi connectivity index (χ0) is 11.4. The van der Waals surface area contributed by atoms with Gasteiger partial charge < -0.3 is 0 Å². The van der Waals surface area contributed by atoms with Crippen LogP contribution in [-0.4, -0.2) is 6.21 Å². The van der Waals surface area contributed by atoms with Crippen molar-refractivity contribution in [2.24, 2.45) is 4.99 Å². The summed E-state index contributed by atoms with van der Waals surface area (Å²) in [6.07, 6.45) is 1.65. The van der Waals surface area contributed by atoms with Gasteiger partial charge in [0, 0.05) is 11.2 Å². The van der Waals surface area contributed by atoms with Crippen LogP contribution in [0.15, 0.2) is 53.5 Å². The van der Waals surface area contributed by atoms with E-state index in [4.69, 9.17) is 11.6 Å². The maximum Gasteiger partial charge on any atom is 0.125 e. The van der Waals surface area contributed by atoms with Gasteiger partial charge in [-0.05, 0) is 35.9 Å². The molecule has 0 amide bonds. The summed E-state index contributed by atoms with van der Waals surface area (Å²) < 4.78 is 12.9. The van der Waals surface area contributed by atoms with Gasteiger partial charge in [-0.2, -0.15) is 0 Å². The zero-order valence-corrected chi connectivity index (χ0v) is 9.16. The van der Waals surface area contributed by atoms with Crippen molar-refractivity contribution in [2.75, 3.05) is 0 Å². The van der Waals surface area contributed by atoms with E-state index >= 15 is 0 Å². The van der Waals surface area contributed by atoms with Crippen LogP contribution in [0.1, 0.15) is 5.56 Å². The Kier molecular flexibility index (Phi) is 3.32. The molecule has 2 aromatic rings. The van der Waals surface area contributed by atoms with Gasteiger partial charge in [0.2, 0.25) is 0 Å². The first-order chi connectivity index (χ1) is 7.74. The SMILES string of the molecule is Fc1cccc(N=Cc2cccc(Cl)c2)c1. The smallest absolute Gasteiger partial charge is 0.125 e. The van der Waals surface area contributed by atoms with Crippen LogP contribution in [0.4, 0.5) is 10.1 Å². The van der Waals surface area contributed by atoms with E-state index in [2.05, 4.69) is 4.99 Å². The molecule has 16 heavy (non-hydrogen) atoms. The van der Waals surface area contributed by atoms with Crippen molar-refractivity contribution < 1.29 is 4.39 Å². The third-order valence-corrected chi connectivity index (χ3v) is 2.25. The average Bonchev–Trinajstić information content (AvgIpc) is 2.27. The molecular formula is C13H9ClFN.